The first-order valence-corrected chi connectivity index (χ1v) is 7.92. The summed E-state index contributed by atoms with van der Waals surface area (Å²) in [5.74, 6) is 2.11. The standard InChI is InChI=1S/C13H22N4OS/c1-9-12(17-8-16-9)7-19-5-4-15-13(18)10-2-3-11(14)6-10/h8,10-11H,2-7,14H2,1H3,(H,15,18)(H,16,17)/t10-,11+/m1/s1. The van der Waals surface area contributed by atoms with Crippen LogP contribution in [0.15, 0.2) is 6.33 Å². The summed E-state index contributed by atoms with van der Waals surface area (Å²) in [6, 6.07) is 0.216. The van der Waals surface area contributed by atoms with E-state index in [1.54, 1.807) is 18.1 Å². The lowest BCUT2D eigenvalue weighted by molar-refractivity contribution is -0.124. The number of hydrogen-bond acceptors (Lipinski definition) is 4. The van der Waals surface area contributed by atoms with Gasteiger partial charge in [-0.3, -0.25) is 4.79 Å². The summed E-state index contributed by atoms with van der Waals surface area (Å²) in [5, 5.41) is 3.00. The molecule has 6 heteroatoms. The molecular weight excluding hydrogens is 260 g/mol. The third-order valence-corrected chi connectivity index (χ3v) is 4.53. The lowest BCUT2D eigenvalue weighted by Gasteiger charge is -2.10. The molecular formula is C13H22N4OS. The number of aromatic nitrogens is 2. The number of imidazole rings is 1. The number of hydrogen-bond donors (Lipinski definition) is 3. The van der Waals surface area contributed by atoms with Gasteiger partial charge in [-0.2, -0.15) is 11.8 Å². The normalized spacial score (nSPS) is 22.6. The first kappa shape index (κ1) is 14.4. The van der Waals surface area contributed by atoms with Crippen LogP contribution in [0.1, 0.15) is 30.7 Å². The Kier molecular flexibility index (Phi) is 5.27. The molecule has 1 heterocycles. The highest BCUT2D eigenvalue weighted by Crippen LogP contribution is 2.24. The van der Waals surface area contributed by atoms with Crippen molar-refractivity contribution in [2.75, 3.05) is 12.3 Å². The maximum atomic E-state index is 11.8. The quantitative estimate of drug-likeness (QED) is 0.684. The zero-order chi connectivity index (χ0) is 13.7. The van der Waals surface area contributed by atoms with Gasteiger partial charge in [0.05, 0.1) is 12.0 Å². The minimum Gasteiger partial charge on any atom is -0.355 e. The fourth-order valence-electron chi connectivity index (χ4n) is 2.35. The second-order valence-electron chi connectivity index (χ2n) is 5.09. The number of amides is 1. The van der Waals surface area contributed by atoms with Gasteiger partial charge in [-0.15, -0.1) is 0 Å². The van der Waals surface area contributed by atoms with E-state index in [1.807, 2.05) is 6.92 Å². The highest BCUT2D eigenvalue weighted by molar-refractivity contribution is 7.98. The lowest BCUT2D eigenvalue weighted by Crippen LogP contribution is -2.32. The van der Waals surface area contributed by atoms with Gasteiger partial charge in [-0.25, -0.2) is 4.98 Å². The Morgan fingerprint density at radius 2 is 2.47 bits per heavy atom. The molecule has 1 aliphatic rings. The van der Waals surface area contributed by atoms with Gasteiger partial charge in [0.15, 0.2) is 0 Å². The van der Waals surface area contributed by atoms with Crippen molar-refractivity contribution in [3.63, 3.8) is 0 Å². The van der Waals surface area contributed by atoms with Crippen molar-refractivity contribution in [3.8, 4) is 0 Å². The Bertz CT molecular complexity index is 421. The monoisotopic (exact) mass is 282 g/mol. The first-order chi connectivity index (χ1) is 9.16. The molecule has 0 aliphatic heterocycles. The Hall–Kier alpha value is -1.01. The molecule has 4 N–H and O–H groups in total. The van der Waals surface area contributed by atoms with E-state index in [9.17, 15) is 4.79 Å². The molecule has 0 bridgehead atoms. The molecule has 1 aromatic heterocycles. The van der Waals surface area contributed by atoms with Crippen LogP contribution in [0.3, 0.4) is 0 Å². The number of carbonyl (C=O) groups is 1. The lowest BCUT2D eigenvalue weighted by atomic mass is 10.1. The maximum Gasteiger partial charge on any atom is 0.223 e. The summed E-state index contributed by atoms with van der Waals surface area (Å²) in [7, 11) is 0. The van der Waals surface area contributed by atoms with E-state index in [4.69, 9.17) is 5.73 Å². The van der Waals surface area contributed by atoms with Crippen LogP contribution in [-0.2, 0) is 10.5 Å². The third-order valence-electron chi connectivity index (χ3n) is 3.56. The van der Waals surface area contributed by atoms with Gasteiger partial charge in [0.25, 0.3) is 0 Å². The Labute approximate surface area is 118 Å². The molecule has 2 atom stereocenters. The zero-order valence-electron chi connectivity index (χ0n) is 11.3. The second kappa shape index (κ2) is 6.96. The van der Waals surface area contributed by atoms with Crippen LogP contribution in [-0.4, -0.2) is 34.2 Å². The number of H-pyrrole nitrogens is 1. The van der Waals surface area contributed by atoms with Gasteiger partial charge in [0.2, 0.25) is 5.91 Å². The maximum absolute atomic E-state index is 11.8. The minimum absolute atomic E-state index is 0.133. The van der Waals surface area contributed by atoms with Crippen LogP contribution >= 0.6 is 11.8 Å². The number of carbonyl (C=O) groups excluding carboxylic acids is 1. The van der Waals surface area contributed by atoms with Crippen LogP contribution < -0.4 is 11.1 Å². The fourth-order valence-corrected chi connectivity index (χ4v) is 3.22. The van der Waals surface area contributed by atoms with E-state index in [0.29, 0.717) is 0 Å². The van der Waals surface area contributed by atoms with E-state index in [1.165, 1.54) is 0 Å². The van der Waals surface area contributed by atoms with E-state index in [-0.39, 0.29) is 17.9 Å². The average Bonchev–Trinajstić information content (AvgIpc) is 2.98. The Morgan fingerprint density at radius 3 is 3.11 bits per heavy atom. The van der Waals surface area contributed by atoms with Crippen molar-refractivity contribution < 1.29 is 4.79 Å². The molecule has 0 spiro atoms. The molecule has 1 amide bonds. The van der Waals surface area contributed by atoms with Gasteiger partial charge < -0.3 is 16.0 Å². The predicted molar refractivity (Wildman–Crippen MR) is 77.8 cm³/mol. The number of aryl methyl sites for hydroxylation is 1. The molecule has 0 aromatic carbocycles. The summed E-state index contributed by atoms with van der Waals surface area (Å²) in [4.78, 5) is 19.1. The molecule has 2 rings (SSSR count). The molecule has 0 saturated heterocycles. The molecule has 1 saturated carbocycles. The van der Waals surface area contributed by atoms with Crippen molar-refractivity contribution in [2.45, 2.75) is 38.0 Å². The molecule has 1 aromatic rings. The van der Waals surface area contributed by atoms with Gasteiger partial charge in [-0.1, -0.05) is 0 Å². The number of nitrogens with zero attached hydrogens (tertiary/aromatic N) is 1. The molecule has 19 heavy (non-hydrogen) atoms. The number of rotatable bonds is 6. The van der Waals surface area contributed by atoms with Gasteiger partial charge in [-0.05, 0) is 26.2 Å². The highest BCUT2D eigenvalue weighted by Gasteiger charge is 2.27. The van der Waals surface area contributed by atoms with Gasteiger partial charge >= 0.3 is 0 Å². The van der Waals surface area contributed by atoms with Crippen LogP contribution in [0.4, 0.5) is 0 Å². The summed E-state index contributed by atoms with van der Waals surface area (Å²) < 4.78 is 0. The molecule has 0 radical (unpaired) electrons. The largest absolute Gasteiger partial charge is 0.355 e. The summed E-state index contributed by atoms with van der Waals surface area (Å²) >= 11 is 1.79. The van der Waals surface area contributed by atoms with Crippen molar-refractivity contribution in [3.05, 3.63) is 17.7 Å². The number of nitrogens with one attached hydrogen (secondary N) is 2. The van der Waals surface area contributed by atoms with Crippen LogP contribution in [0.25, 0.3) is 0 Å². The van der Waals surface area contributed by atoms with Crippen molar-refractivity contribution >= 4 is 17.7 Å². The first-order valence-electron chi connectivity index (χ1n) is 6.76. The number of aromatic amines is 1. The third kappa shape index (κ3) is 4.24. The van der Waals surface area contributed by atoms with Crippen LogP contribution in [0.2, 0.25) is 0 Å². The van der Waals surface area contributed by atoms with Gasteiger partial charge in [0.1, 0.15) is 0 Å². The summed E-state index contributed by atoms with van der Waals surface area (Å²) in [6.07, 6.45) is 4.47. The Morgan fingerprint density at radius 1 is 1.63 bits per heavy atom. The smallest absolute Gasteiger partial charge is 0.223 e. The topological polar surface area (TPSA) is 83.8 Å². The molecule has 0 unspecified atom stereocenters. The fraction of sp³-hybridized carbons (Fsp3) is 0.692. The van der Waals surface area contributed by atoms with Gasteiger partial charge in [0, 0.05) is 35.7 Å². The summed E-state index contributed by atoms with van der Waals surface area (Å²) in [5.41, 5.74) is 8.03. The predicted octanol–water partition coefficient (Wildman–Crippen LogP) is 1.19. The highest BCUT2D eigenvalue weighted by atomic mass is 32.2. The van der Waals surface area contributed by atoms with Crippen molar-refractivity contribution in [1.82, 2.24) is 15.3 Å². The SMILES string of the molecule is Cc1[nH]cnc1CSCCNC(=O)[C@@H]1CC[C@H](N)C1. The van der Waals surface area contributed by atoms with E-state index in [0.717, 1.165) is 48.7 Å². The Balaban J connectivity index is 1.57. The molecule has 1 aliphatic carbocycles. The van der Waals surface area contributed by atoms with Crippen LogP contribution in [0.5, 0.6) is 0 Å². The molecule has 1 fully saturated rings. The van der Waals surface area contributed by atoms with Crippen molar-refractivity contribution in [1.29, 1.82) is 0 Å². The zero-order valence-corrected chi connectivity index (χ0v) is 12.1. The number of nitrogens with two attached hydrogens (primary N) is 1. The minimum atomic E-state index is 0.133. The molecule has 5 nitrogen and oxygen atoms in total. The average molecular weight is 282 g/mol. The van der Waals surface area contributed by atoms with E-state index >= 15 is 0 Å². The van der Waals surface area contributed by atoms with Crippen LogP contribution in [0, 0.1) is 12.8 Å². The number of thioether (sulfide) groups is 1. The van der Waals surface area contributed by atoms with E-state index in [2.05, 4.69) is 15.3 Å². The van der Waals surface area contributed by atoms with Crippen molar-refractivity contribution in [2.24, 2.45) is 11.7 Å². The summed E-state index contributed by atoms with van der Waals surface area (Å²) in [6.45, 7) is 2.74. The van der Waals surface area contributed by atoms with E-state index < -0.39 is 0 Å². The second-order valence-corrected chi connectivity index (χ2v) is 6.19. The molecule has 106 valence electrons.